The van der Waals surface area contributed by atoms with Crippen molar-refractivity contribution in [3.63, 3.8) is 0 Å². The summed E-state index contributed by atoms with van der Waals surface area (Å²) in [5.41, 5.74) is 12.1. The third-order valence-corrected chi connectivity index (χ3v) is 16.2. The van der Waals surface area contributed by atoms with Crippen molar-refractivity contribution in [1.29, 1.82) is 0 Å². The quantitative estimate of drug-likeness (QED) is 0.167. The van der Waals surface area contributed by atoms with E-state index >= 15 is 0 Å². The summed E-state index contributed by atoms with van der Waals surface area (Å²) in [6, 6.07) is 77.7. The van der Waals surface area contributed by atoms with Crippen molar-refractivity contribution in [2.45, 2.75) is 0 Å². The van der Waals surface area contributed by atoms with E-state index in [-0.39, 0.29) is 0 Å². The summed E-state index contributed by atoms with van der Waals surface area (Å²) in [6.07, 6.45) is 0. The summed E-state index contributed by atoms with van der Waals surface area (Å²) in [4.78, 5) is 15.7. The Bertz CT molecular complexity index is 4530. The van der Waals surface area contributed by atoms with Crippen molar-refractivity contribution in [2.24, 2.45) is 0 Å². The Morgan fingerprint density at radius 2 is 0.957 bits per heavy atom. The Morgan fingerprint density at radius 3 is 1.74 bits per heavy atom. The Hall–Kier alpha value is -8.75. The normalized spacial score (nSPS) is 12.0. The Kier molecular flexibility index (Phi) is 8.63. The second kappa shape index (κ2) is 15.4. The molecule has 5 aromatic heterocycles. The fraction of sp³-hybridized carbons (Fsp3) is 0. The highest BCUT2D eigenvalue weighted by molar-refractivity contribution is 7.26. The Morgan fingerprint density at radius 1 is 0.357 bits per heavy atom. The average molecular weight is 929 g/mol. The van der Waals surface area contributed by atoms with Crippen LogP contribution in [0.2, 0.25) is 0 Å². The fourth-order valence-corrected chi connectivity index (χ4v) is 13.0. The number of nitrogens with zero attached hydrogens (tertiary/aromatic N) is 4. The summed E-state index contributed by atoms with van der Waals surface area (Å²) in [5.74, 6) is 1.79. The molecule has 0 saturated heterocycles. The number of benzene rings is 10. The van der Waals surface area contributed by atoms with Crippen LogP contribution in [0.3, 0.4) is 0 Å². The van der Waals surface area contributed by atoms with E-state index in [2.05, 4.69) is 187 Å². The Balaban J connectivity index is 1.01. The molecule has 0 aliphatic rings. The molecule has 15 aromatic rings. The standard InChI is InChI=1S/C63H36N4OS2/c1-4-15-37(16-5-1)40-28-32-55-49(33-40)45-29-27-41(36-56(45)69-55)42-34-50(63-65-61(38-17-6-2-7-18-38)64-62(66-63)39-19-8-3-9-20-39)57-48-23-14-25-52(59(48)68-53(57)35-42)67-51-24-12-10-21-43(51)46-30-31-47-44-22-11-13-26-54(44)70-60(47)58(46)67/h1-36H. The van der Waals surface area contributed by atoms with Crippen LogP contribution in [-0.2, 0) is 0 Å². The molecule has 5 heterocycles. The molecule has 70 heavy (non-hydrogen) atoms. The third kappa shape index (κ3) is 6.05. The van der Waals surface area contributed by atoms with Gasteiger partial charge in [0.1, 0.15) is 5.58 Å². The van der Waals surface area contributed by atoms with Crippen LogP contribution in [0.5, 0.6) is 0 Å². The second-order valence-corrected chi connectivity index (χ2v) is 20.0. The van der Waals surface area contributed by atoms with Gasteiger partial charge in [-0.25, -0.2) is 15.0 Å². The van der Waals surface area contributed by atoms with Crippen LogP contribution in [0.25, 0.3) is 146 Å². The van der Waals surface area contributed by atoms with Crippen LogP contribution < -0.4 is 0 Å². The van der Waals surface area contributed by atoms with Gasteiger partial charge < -0.3 is 8.98 Å². The van der Waals surface area contributed by atoms with Gasteiger partial charge in [-0.3, -0.25) is 0 Å². The number of hydrogen-bond donors (Lipinski definition) is 0. The van der Waals surface area contributed by atoms with Gasteiger partial charge in [-0.05, 0) is 70.8 Å². The van der Waals surface area contributed by atoms with Crippen LogP contribution in [0.15, 0.2) is 223 Å². The van der Waals surface area contributed by atoms with Gasteiger partial charge in [0.15, 0.2) is 23.1 Å². The zero-order valence-electron chi connectivity index (χ0n) is 37.3. The zero-order valence-corrected chi connectivity index (χ0v) is 38.9. The molecule has 0 radical (unpaired) electrons. The molecule has 326 valence electrons. The molecule has 0 unspecified atom stereocenters. The lowest BCUT2D eigenvalue weighted by atomic mass is 9.97. The van der Waals surface area contributed by atoms with Crippen LogP contribution in [-0.4, -0.2) is 19.5 Å². The van der Waals surface area contributed by atoms with E-state index in [4.69, 9.17) is 19.4 Å². The zero-order chi connectivity index (χ0) is 45.9. The van der Waals surface area contributed by atoms with Crippen LogP contribution >= 0.6 is 22.7 Å². The van der Waals surface area contributed by atoms with E-state index < -0.39 is 0 Å². The summed E-state index contributed by atoms with van der Waals surface area (Å²) in [6.45, 7) is 0. The smallest absolute Gasteiger partial charge is 0.164 e. The van der Waals surface area contributed by atoms with Gasteiger partial charge in [-0.1, -0.05) is 170 Å². The molecule has 0 amide bonds. The van der Waals surface area contributed by atoms with Crippen molar-refractivity contribution < 1.29 is 4.42 Å². The van der Waals surface area contributed by atoms with Gasteiger partial charge in [-0.2, -0.15) is 0 Å². The highest BCUT2D eigenvalue weighted by atomic mass is 32.1. The van der Waals surface area contributed by atoms with E-state index in [9.17, 15) is 0 Å². The predicted octanol–water partition coefficient (Wildman–Crippen LogP) is 17.9. The number of furan rings is 1. The van der Waals surface area contributed by atoms with E-state index in [0.29, 0.717) is 17.5 Å². The van der Waals surface area contributed by atoms with E-state index in [0.717, 1.165) is 61.0 Å². The van der Waals surface area contributed by atoms with Crippen molar-refractivity contribution in [1.82, 2.24) is 19.5 Å². The highest BCUT2D eigenvalue weighted by Crippen LogP contribution is 2.47. The van der Waals surface area contributed by atoms with E-state index in [1.807, 2.05) is 59.1 Å². The fourth-order valence-electron chi connectivity index (χ4n) is 10.6. The summed E-state index contributed by atoms with van der Waals surface area (Å²) in [5, 5.41) is 9.39. The monoisotopic (exact) mass is 928 g/mol. The molecule has 0 bridgehead atoms. The molecule has 0 N–H and O–H groups in total. The largest absolute Gasteiger partial charge is 0.454 e. The van der Waals surface area contributed by atoms with Crippen LogP contribution in [0, 0.1) is 0 Å². The maximum absolute atomic E-state index is 7.34. The molecule has 0 aliphatic carbocycles. The van der Waals surface area contributed by atoms with Gasteiger partial charge in [0.25, 0.3) is 0 Å². The molecular weight excluding hydrogens is 893 g/mol. The average Bonchev–Trinajstić information content (AvgIpc) is 4.20. The lowest BCUT2D eigenvalue weighted by Gasteiger charge is -2.11. The first kappa shape index (κ1) is 39.3. The first-order valence-electron chi connectivity index (χ1n) is 23.4. The second-order valence-electron chi connectivity index (χ2n) is 17.9. The van der Waals surface area contributed by atoms with E-state index in [1.165, 1.54) is 67.8 Å². The van der Waals surface area contributed by atoms with Crippen molar-refractivity contribution >= 4 is 107 Å². The summed E-state index contributed by atoms with van der Waals surface area (Å²) in [7, 11) is 0. The molecule has 0 fully saturated rings. The number of para-hydroxylation sites is 2. The molecule has 15 rings (SSSR count). The minimum absolute atomic E-state index is 0.577. The SMILES string of the molecule is c1ccc(-c2ccc3sc4cc(-c5cc(-c6nc(-c7ccccc7)nc(-c7ccccc7)n6)c6c(c5)oc5c(-n7c8ccccc8c8ccc9c%10ccccc%10sc9c87)cccc56)ccc4c3c2)cc1. The lowest BCUT2D eigenvalue weighted by Crippen LogP contribution is -2.00. The summed E-state index contributed by atoms with van der Waals surface area (Å²) < 4.78 is 14.8. The first-order chi connectivity index (χ1) is 34.7. The molecule has 0 saturated carbocycles. The van der Waals surface area contributed by atoms with Crippen molar-refractivity contribution in [2.75, 3.05) is 0 Å². The van der Waals surface area contributed by atoms with E-state index in [1.54, 1.807) is 0 Å². The topological polar surface area (TPSA) is 56.7 Å². The van der Waals surface area contributed by atoms with Gasteiger partial charge in [0, 0.05) is 73.9 Å². The van der Waals surface area contributed by atoms with Crippen molar-refractivity contribution in [3.8, 4) is 62.1 Å². The van der Waals surface area contributed by atoms with Gasteiger partial charge in [-0.15, -0.1) is 22.7 Å². The molecule has 0 aliphatic heterocycles. The van der Waals surface area contributed by atoms with Crippen LogP contribution in [0.1, 0.15) is 0 Å². The minimum Gasteiger partial charge on any atom is -0.454 e. The number of hydrogen-bond acceptors (Lipinski definition) is 6. The molecule has 10 aromatic carbocycles. The molecule has 0 spiro atoms. The maximum atomic E-state index is 7.34. The number of fused-ring (bicyclic) bond motifs is 13. The van der Waals surface area contributed by atoms with Crippen LogP contribution in [0.4, 0.5) is 0 Å². The Labute approximate surface area is 408 Å². The number of aromatic nitrogens is 4. The first-order valence-corrected chi connectivity index (χ1v) is 25.0. The molecule has 0 atom stereocenters. The minimum atomic E-state index is 0.577. The summed E-state index contributed by atoms with van der Waals surface area (Å²) >= 11 is 3.68. The van der Waals surface area contributed by atoms with Gasteiger partial charge >= 0.3 is 0 Å². The molecule has 5 nitrogen and oxygen atoms in total. The number of thiophene rings is 2. The maximum Gasteiger partial charge on any atom is 0.164 e. The molecule has 7 heteroatoms. The van der Waals surface area contributed by atoms with Gasteiger partial charge in [0.05, 0.1) is 21.4 Å². The predicted molar refractivity (Wildman–Crippen MR) is 294 cm³/mol. The third-order valence-electron chi connectivity index (χ3n) is 13.9. The lowest BCUT2D eigenvalue weighted by molar-refractivity contribution is 0.666. The highest BCUT2D eigenvalue weighted by Gasteiger charge is 2.24. The van der Waals surface area contributed by atoms with Gasteiger partial charge in [0.2, 0.25) is 0 Å². The number of rotatable bonds is 6. The molecular formula is C63H36N4OS2. The van der Waals surface area contributed by atoms with Crippen molar-refractivity contribution in [3.05, 3.63) is 218 Å².